The van der Waals surface area contributed by atoms with Gasteiger partial charge in [-0.2, -0.15) is 0 Å². The van der Waals surface area contributed by atoms with Crippen molar-refractivity contribution >= 4 is 17.6 Å². The Morgan fingerprint density at radius 2 is 1.82 bits per heavy atom. The lowest BCUT2D eigenvalue weighted by Gasteiger charge is -2.33. The monoisotopic (exact) mass is 295 g/mol. The van der Waals surface area contributed by atoms with Gasteiger partial charge in [0.2, 0.25) is 0 Å². The van der Waals surface area contributed by atoms with Gasteiger partial charge in [0.25, 0.3) is 0 Å². The molecule has 0 bridgehead atoms. The second-order valence-corrected chi connectivity index (χ2v) is 5.15. The Hall–Kier alpha value is -2.62. The normalized spacial score (nSPS) is 17.0. The molecule has 1 atom stereocenters. The van der Waals surface area contributed by atoms with Crippen LogP contribution in [0.1, 0.15) is 28.8 Å². The van der Waals surface area contributed by atoms with Gasteiger partial charge in [-0.3, -0.25) is 9.69 Å². The summed E-state index contributed by atoms with van der Waals surface area (Å²) in [6.07, 6.45) is -0.414. The Bertz CT molecular complexity index is 696. The number of ketones is 1. The van der Waals surface area contributed by atoms with Crippen LogP contribution in [0.4, 0.5) is 10.5 Å². The number of para-hydroxylation sites is 1. The van der Waals surface area contributed by atoms with E-state index < -0.39 is 6.09 Å². The molecule has 0 unspecified atom stereocenters. The molecule has 3 rings (SSSR count). The highest BCUT2D eigenvalue weighted by molar-refractivity contribution is 6.11. The molecule has 0 saturated carbocycles. The van der Waals surface area contributed by atoms with Gasteiger partial charge >= 0.3 is 6.09 Å². The first-order valence-corrected chi connectivity index (χ1v) is 7.35. The third kappa shape index (κ3) is 2.48. The number of hydrogen-bond donors (Lipinski definition) is 0. The second-order valence-electron chi connectivity index (χ2n) is 5.15. The number of rotatable bonds is 2. The van der Waals surface area contributed by atoms with Crippen LogP contribution in [0.25, 0.3) is 0 Å². The topological polar surface area (TPSA) is 46.6 Å². The van der Waals surface area contributed by atoms with Crippen molar-refractivity contribution in [2.45, 2.75) is 12.8 Å². The van der Waals surface area contributed by atoms with Gasteiger partial charge in [-0.05, 0) is 24.6 Å². The molecule has 22 heavy (non-hydrogen) atoms. The fraction of sp³-hybridized carbons (Fsp3) is 0.222. The minimum atomic E-state index is -0.414. The maximum atomic E-state index is 12.8. The maximum Gasteiger partial charge on any atom is 0.414 e. The Labute approximate surface area is 129 Å². The van der Waals surface area contributed by atoms with Gasteiger partial charge in [-0.1, -0.05) is 42.5 Å². The minimum Gasteiger partial charge on any atom is -0.449 e. The van der Waals surface area contributed by atoms with Gasteiger partial charge in [0.05, 0.1) is 18.2 Å². The van der Waals surface area contributed by atoms with Crippen molar-refractivity contribution in [2.75, 3.05) is 18.1 Å². The first-order chi connectivity index (χ1) is 10.7. The highest BCUT2D eigenvalue weighted by Gasteiger charge is 2.35. The summed E-state index contributed by atoms with van der Waals surface area (Å²) in [6, 6.07) is 16.7. The van der Waals surface area contributed by atoms with Crippen molar-refractivity contribution in [3.05, 3.63) is 65.7 Å². The van der Waals surface area contributed by atoms with Crippen molar-refractivity contribution in [2.24, 2.45) is 0 Å². The fourth-order valence-electron chi connectivity index (χ4n) is 2.79. The molecule has 2 aromatic rings. The van der Waals surface area contributed by atoms with E-state index in [-0.39, 0.29) is 11.7 Å². The van der Waals surface area contributed by atoms with Gasteiger partial charge in [0.15, 0.2) is 5.78 Å². The Balaban J connectivity index is 2.04. The summed E-state index contributed by atoms with van der Waals surface area (Å²) in [6.45, 7) is 2.38. The molecule has 0 aliphatic carbocycles. The van der Waals surface area contributed by atoms with Crippen LogP contribution >= 0.6 is 0 Å². The second kappa shape index (κ2) is 6.02. The Morgan fingerprint density at radius 3 is 2.55 bits per heavy atom. The molecule has 1 heterocycles. The molecule has 1 aliphatic heterocycles. The zero-order valence-electron chi connectivity index (χ0n) is 12.4. The molecule has 1 amide bonds. The molecule has 0 saturated heterocycles. The molecular weight excluding hydrogens is 278 g/mol. The number of hydrogen-bond acceptors (Lipinski definition) is 3. The third-order valence-corrected chi connectivity index (χ3v) is 3.83. The third-order valence-electron chi connectivity index (χ3n) is 3.83. The number of nitrogens with zero attached hydrogens (tertiary/aromatic N) is 1. The quantitative estimate of drug-likeness (QED) is 0.850. The van der Waals surface area contributed by atoms with Gasteiger partial charge < -0.3 is 4.74 Å². The van der Waals surface area contributed by atoms with Crippen LogP contribution in [0.5, 0.6) is 0 Å². The van der Waals surface area contributed by atoms with E-state index in [9.17, 15) is 9.59 Å². The van der Waals surface area contributed by atoms with Crippen LogP contribution in [-0.4, -0.2) is 25.0 Å². The van der Waals surface area contributed by atoms with Crippen LogP contribution in [0.15, 0.2) is 54.6 Å². The number of Topliss-reactive ketones (excluding diaryl/α,β-unsaturated/α-hetero) is 1. The number of carbonyl (C=O) groups excluding carboxylic acids is 2. The van der Waals surface area contributed by atoms with E-state index in [1.54, 1.807) is 24.0 Å². The van der Waals surface area contributed by atoms with Crippen LogP contribution in [0, 0.1) is 0 Å². The van der Waals surface area contributed by atoms with E-state index in [0.29, 0.717) is 24.4 Å². The summed E-state index contributed by atoms with van der Waals surface area (Å²) in [5.41, 5.74) is 2.10. The molecule has 2 aromatic carbocycles. The number of anilines is 1. The SMILES string of the molecule is CCOC(=O)N1C[C@H](c2ccccc2)C(=O)c2ccccc21. The maximum absolute atomic E-state index is 12.8. The number of carbonyl (C=O) groups is 2. The minimum absolute atomic E-state index is 0.0438. The first-order valence-electron chi connectivity index (χ1n) is 7.35. The van der Waals surface area contributed by atoms with Crippen molar-refractivity contribution < 1.29 is 14.3 Å². The van der Waals surface area contributed by atoms with Crippen molar-refractivity contribution in [1.82, 2.24) is 0 Å². The number of ether oxygens (including phenoxy) is 1. The van der Waals surface area contributed by atoms with Gasteiger partial charge in [-0.25, -0.2) is 4.79 Å². The van der Waals surface area contributed by atoms with Crippen LogP contribution in [0.2, 0.25) is 0 Å². The zero-order chi connectivity index (χ0) is 15.5. The molecule has 0 N–H and O–H groups in total. The van der Waals surface area contributed by atoms with E-state index in [1.807, 2.05) is 42.5 Å². The first kappa shape index (κ1) is 14.3. The molecule has 4 heteroatoms. The largest absolute Gasteiger partial charge is 0.449 e. The molecule has 0 fully saturated rings. The summed E-state index contributed by atoms with van der Waals surface area (Å²) >= 11 is 0. The predicted octanol–water partition coefficient (Wildman–Crippen LogP) is 3.63. The van der Waals surface area contributed by atoms with Crippen molar-refractivity contribution in [3.63, 3.8) is 0 Å². The van der Waals surface area contributed by atoms with Gasteiger partial charge in [-0.15, -0.1) is 0 Å². The molecule has 0 aromatic heterocycles. The molecule has 1 aliphatic rings. The van der Waals surface area contributed by atoms with E-state index in [0.717, 1.165) is 5.56 Å². The van der Waals surface area contributed by atoms with E-state index in [4.69, 9.17) is 4.74 Å². The smallest absolute Gasteiger partial charge is 0.414 e. The molecular formula is C18H17NO3. The number of fused-ring (bicyclic) bond motifs is 1. The molecule has 112 valence electrons. The Kier molecular flexibility index (Phi) is 3.92. The summed E-state index contributed by atoms with van der Waals surface area (Å²) in [4.78, 5) is 26.6. The lowest BCUT2D eigenvalue weighted by Crippen LogP contribution is -2.42. The summed E-state index contributed by atoms with van der Waals surface area (Å²) in [5, 5.41) is 0. The highest BCUT2D eigenvalue weighted by atomic mass is 16.6. The average Bonchev–Trinajstić information content (AvgIpc) is 2.56. The lowest BCUT2D eigenvalue weighted by atomic mass is 9.86. The number of amides is 1. The Morgan fingerprint density at radius 1 is 1.14 bits per heavy atom. The number of benzene rings is 2. The summed E-state index contributed by atoms with van der Waals surface area (Å²) in [7, 11) is 0. The predicted molar refractivity (Wildman–Crippen MR) is 84.3 cm³/mol. The lowest BCUT2D eigenvalue weighted by molar-refractivity contribution is 0.0954. The standard InChI is InChI=1S/C18H17NO3/c1-2-22-18(21)19-12-15(13-8-4-3-5-9-13)17(20)14-10-6-7-11-16(14)19/h3-11,15H,2,12H2,1H3/t15-/m1/s1. The molecule has 0 spiro atoms. The van der Waals surface area contributed by atoms with E-state index >= 15 is 0 Å². The fourth-order valence-corrected chi connectivity index (χ4v) is 2.79. The van der Waals surface area contributed by atoms with Crippen LogP contribution in [-0.2, 0) is 4.74 Å². The van der Waals surface area contributed by atoms with Gasteiger partial charge in [0.1, 0.15) is 0 Å². The molecule has 4 nitrogen and oxygen atoms in total. The van der Waals surface area contributed by atoms with E-state index in [2.05, 4.69) is 0 Å². The summed E-state index contributed by atoms with van der Waals surface area (Å²) in [5.74, 6) is -0.317. The average molecular weight is 295 g/mol. The van der Waals surface area contributed by atoms with Gasteiger partial charge in [0, 0.05) is 12.1 Å². The van der Waals surface area contributed by atoms with Crippen LogP contribution in [0.3, 0.4) is 0 Å². The van der Waals surface area contributed by atoms with E-state index in [1.165, 1.54) is 0 Å². The summed E-state index contributed by atoms with van der Waals surface area (Å²) < 4.78 is 5.13. The highest BCUT2D eigenvalue weighted by Crippen LogP contribution is 2.34. The zero-order valence-corrected chi connectivity index (χ0v) is 12.4. The van der Waals surface area contributed by atoms with Crippen molar-refractivity contribution in [1.29, 1.82) is 0 Å². The molecule has 0 radical (unpaired) electrons. The van der Waals surface area contributed by atoms with Crippen LogP contribution < -0.4 is 4.90 Å². The van der Waals surface area contributed by atoms with Crippen molar-refractivity contribution in [3.8, 4) is 0 Å².